The second kappa shape index (κ2) is 6.49. The highest BCUT2D eigenvalue weighted by Gasteiger charge is 2.34. The zero-order valence-corrected chi connectivity index (χ0v) is 14.1. The van der Waals surface area contributed by atoms with Gasteiger partial charge in [-0.1, -0.05) is 6.92 Å². The number of benzene rings is 1. The van der Waals surface area contributed by atoms with Gasteiger partial charge in [-0.3, -0.25) is 4.79 Å². The van der Waals surface area contributed by atoms with E-state index < -0.39 is 17.4 Å². The molecule has 1 heterocycles. The molecule has 2 N–H and O–H groups in total. The summed E-state index contributed by atoms with van der Waals surface area (Å²) in [6.45, 7) is 3.10. The molecule has 0 fully saturated rings. The van der Waals surface area contributed by atoms with Crippen LogP contribution in [0.4, 0.5) is 4.39 Å². The van der Waals surface area contributed by atoms with E-state index in [1.54, 1.807) is 13.1 Å². The molecule has 2 rings (SSSR count). The van der Waals surface area contributed by atoms with Crippen molar-refractivity contribution in [1.82, 2.24) is 15.1 Å². The average Bonchev–Trinajstić information content (AvgIpc) is 2.89. The summed E-state index contributed by atoms with van der Waals surface area (Å²) in [7, 11) is 0. The number of aliphatic carboxylic acids is 1. The number of rotatable bonds is 5. The minimum absolute atomic E-state index is 0.0512. The van der Waals surface area contributed by atoms with Gasteiger partial charge in [0.1, 0.15) is 11.4 Å². The van der Waals surface area contributed by atoms with E-state index in [2.05, 4.69) is 26.3 Å². The summed E-state index contributed by atoms with van der Waals surface area (Å²) in [5.74, 6) is -2.11. The van der Waals surface area contributed by atoms with E-state index in [0.29, 0.717) is 10.2 Å². The van der Waals surface area contributed by atoms with Crippen LogP contribution in [-0.4, -0.2) is 32.3 Å². The monoisotopic (exact) mass is 383 g/mol. The highest BCUT2D eigenvalue weighted by Crippen LogP contribution is 2.20. The Hall–Kier alpha value is -2.22. The highest BCUT2D eigenvalue weighted by atomic mass is 79.9. The van der Waals surface area contributed by atoms with Gasteiger partial charge < -0.3 is 10.4 Å². The van der Waals surface area contributed by atoms with Crippen LogP contribution in [0.25, 0.3) is 5.69 Å². The fourth-order valence-corrected chi connectivity index (χ4v) is 2.29. The lowest BCUT2D eigenvalue weighted by Gasteiger charge is -2.24. The fourth-order valence-electron chi connectivity index (χ4n) is 1.84. The fraction of sp³-hybridized carbons (Fsp3) is 0.267. The summed E-state index contributed by atoms with van der Waals surface area (Å²) in [4.78, 5) is 23.6. The van der Waals surface area contributed by atoms with E-state index in [4.69, 9.17) is 0 Å². The molecule has 1 amide bonds. The van der Waals surface area contributed by atoms with Crippen molar-refractivity contribution in [3.8, 4) is 5.69 Å². The Kier molecular flexibility index (Phi) is 4.84. The van der Waals surface area contributed by atoms with Crippen LogP contribution < -0.4 is 5.32 Å². The Morgan fingerprint density at radius 1 is 1.39 bits per heavy atom. The van der Waals surface area contributed by atoms with E-state index in [1.807, 2.05) is 0 Å². The van der Waals surface area contributed by atoms with E-state index in [-0.39, 0.29) is 17.9 Å². The molecule has 23 heavy (non-hydrogen) atoms. The molecular formula is C15H15BrFN3O3. The third kappa shape index (κ3) is 3.58. The van der Waals surface area contributed by atoms with Crippen molar-refractivity contribution < 1.29 is 19.1 Å². The molecule has 6 nitrogen and oxygen atoms in total. The van der Waals surface area contributed by atoms with Gasteiger partial charge in [-0.2, -0.15) is 5.10 Å². The predicted octanol–water partition coefficient (Wildman–Crippen LogP) is 2.76. The van der Waals surface area contributed by atoms with Crippen LogP contribution in [0.15, 0.2) is 34.9 Å². The smallest absolute Gasteiger partial charge is 0.329 e. The van der Waals surface area contributed by atoms with Gasteiger partial charge in [0, 0.05) is 6.20 Å². The first-order chi connectivity index (χ1) is 10.8. The van der Waals surface area contributed by atoms with Gasteiger partial charge >= 0.3 is 5.97 Å². The lowest BCUT2D eigenvalue weighted by Crippen LogP contribution is -2.51. The van der Waals surface area contributed by atoms with Crippen molar-refractivity contribution in [1.29, 1.82) is 0 Å². The second-order valence-corrected chi connectivity index (χ2v) is 6.05. The molecule has 8 heteroatoms. The molecule has 1 aromatic heterocycles. The van der Waals surface area contributed by atoms with E-state index in [9.17, 15) is 19.1 Å². The molecule has 0 spiro atoms. The van der Waals surface area contributed by atoms with Crippen LogP contribution in [0.1, 0.15) is 30.8 Å². The van der Waals surface area contributed by atoms with Gasteiger partial charge in [0.25, 0.3) is 5.91 Å². The van der Waals surface area contributed by atoms with Crippen molar-refractivity contribution in [2.45, 2.75) is 25.8 Å². The third-order valence-electron chi connectivity index (χ3n) is 3.54. The zero-order chi connectivity index (χ0) is 17.2. The van der Waals surface area contributed by atoms with Crippen LogP contribution in [0.2, 0.25) is 0 Å². The van der Waals surface area contributed by atoms with Gasteiger partial charge in [-0.25, -0.2) is 13.9 Å². The highest BCUT2D eigenvalue weighted by molar-refractivity contribution is 9.10. The Morgan fingerprint density at radius 3 is 2.52 bits per heavy atom. The number of carbonyl (C=O) groups excluding carboxylic acids is 1. The molecule has 0 bridgehead atoms. The minimum Gasteiger partial charge on any atom is -0.480 e. The Balaban J connectivity index is 2.29. The maximum absolute atomic E-state index is 13.0. The number of carboxylic acids is 1. The molecule has 0 aliphatic rings. The molecule has 0 aliphatic heterocycles. The zero-order valence-electron chi connectivity index (χ0n) is 12.5. The predicted molar refractivity (Wildman–Crippen MR) is 85.0 cm³/mol. The van der Waals surface area contributed by atoms with Crippen molar-refractivity contribution >= 4 is 27.8 Å². The van der Waals surface area contributed by atoms with Crippen LogP contribution in [-0.2, 0) is 4.79 Å². The molecule has 1 atom stereocenters. The second-order valence-electron chi connectivity index (χ2n) is 5.19. The standard InChI is InChI=1S/C15H15BrFN3O3/c1-3-15(2,14(22)23)18-13(21)12-11(16)8-20(19-12)10-6-4-9(17)5-7-10/h4-8H,3H2,1-2H3,(H,18,21)(H,22,23). The van der Waals surface area contributed by atoms with Gasteiger partial charge in [-0.05, 0) is 53.5 Å². The summed E-state index contributed by atoms with van der Waals surface area (Å²) in [5.41, 5.74) is -0.756. The summed E-state index contributed by atoms with van der Waals surface area (Å²) < 4.78 is 14.8. The molecular weight excluding hydrogens is 369 g/mol. The van der Waals surface area contributed by atoms with E-state index >= 15 is 0 Å². The SMILES string of the molecule is CCC(C)(NC(=O)c1nn(-c2ccc(F)cc2)cc1Br)C(=O)O. The lowest BCUT2D eigenvalue weighted by atomic mass is 9.99. The number of amides is 1. The maximum Gasteiger partial charge on any atom is 0.329 e. The normalized spacial score (nSPS) is 13.4. The van der Waals surface area contributed by atoms with Crippen molar-refractivity contribution in [2.75, 3.05) is 0 Å². The largest absolute Gasteiger partial charge is 0.480 e. The summed E-state index contributed by atoms with van der Waals surface area (Å²) >= 11 is 3.23. The number of hydrogen-bond acceptors (Lipinski definition) is 3. The minimum atomic E-state index is -1.38. The first-order valence-corrected chi connectivity index (χ1v) is 7.63. The molecule has 0 saturated carbocycles. The van der Waals surface area contributed by atoms with Gasteiger partial charge in [-0.15, -0.1) is 0 Å². The number of halogens is 2. The van der Waals surface area contributed by atoms with Crippen LogP contribution >= 0.6 is 15.9 Å². The lowest BCUT2D eigenvalue weighted by molar-refractivity contribution is -0.143. The molecule has 1 aromatic carbocycles. The van der Waals surface area contributed by atoms with Crippen LogP contribution in [0.3, 0.4) is 0 Å². The summed E-state index contributed by atoms with van der Waals surface area (Å²) in [6.07, 6.45) is 1.77. The van der Waals surface area contributed by atoms with Crippen molar-refractivity contribution in [3.63, 3.8) is 0 Å². The molecule has 0 radical (unpaired) electrons. The molecule has 0 saturated heterocycles. The molecule has 2 aromatic rings. The van der Waals surface area contributed by atoms with Crippen LogP contribution in [0, 0.1) is 5.82 Å². The van der Waals surface area contributed by atoms with E-state index in [0.717, 1.165) is 0 Å². The van der Waals surface area contributed by atoms with Crippen molar-refractivity contribution in [3.05, 3.63) is 46.4 Å². The Bertz CT molecular complexity index is 745. The summed E-state index contributed by atoms with van der Waals surface area (Å²) in [5, 5.41) is 15.8. The van der Waals surface area contributed by atoms with Gasteiger partial charge in [0.05, 0.1) is 10.2 Å². The topological polar surface area (TPSA) is 84.2 Å². The molecule has 122 valence electrons. The number of carboxylic acid groups (broad SMARTS) is 1. The quantitative estimate of drug-likeness (QED) is 0.831. The van der Waals surface area contributed by atoms with Gasteiger partial charge in [0.2, 0.25) is 0 Å². The average molecular weight is 384 g/mol. The number of nitrogens with one attached hydrogen (secondary N) is 1. The molecule has 0 aliphatic carbocycles. The number of hydrogen-bond donors (Lipinski definition) is 2. The Labute approximate surface area is 140 Å². The summed E-state index contributed by atoms with van der Waals surface area (Å²) in [6, 6.07) is 5.60. The first kappa shape index (κ1) is 17.1. The number of nitrogens with zero attached hydrogens (tertiary/aromatic N) is 2. The maximum atomic E-state index is 13.0. The molecule has 1 unspecified atom stereocenters. The van der Waals surface area contributed by atoms with Crippen molar-refractivity contribution in [2.24, 2.45) is 0 Å². The number of aromatic nitrogens is 2. The van der Waals surface area contributed by atoms with Gasteiger partial charge in [0.15, 0.2) is 5.69 Å². The third-order valence-corrected chi connectivity index (χ3v) is 4.12. The first-order valence-electron chi connectivity index (χ1n) is 6.84. The van der Waals surface area contributed by atoms with Crippen LogP contribution in [0.5, 0.6) is 0 Å². The Morgan fingerprint density at radius 2 is 2.00 bits per heavy atom. The van der Waals surface area contributed by atoms with E-state index in [1.165, 1.54) is 35.9 Å². The number of carbonyl (C=O) groups is 2.